The second-order valence-corrected chi connectivity index (χ2v) is 6.06. The van der Waals surface area contributed by atoms with Crippen LogP contribution >= 0.6 is 11.3 Å². The number of amides is 1. The molecular weight excluding hydrogens is 300 g/mol. The largest absolute Gasteiger partial charge is 0.493 e. The summed E-state index contributed by atoms with van der Waals surface area (Å²) >= 11 is 1.42. The molecule has 1 aromatic carbocycles. The summed E-state index contributed by atoms with van der Waals surface area (Å²) in [6, 6.07) is 5.75. The highest BCUT2D eigenvalue weighted by Crippen LogP contribution is 2.27. The van der Waals surface area contributed by atoms with E-state index in [1.807, 2.05) is 32.0 Å². The molecule has 0 aliphatic carbocycles. The molecule has 0 aliphatic heterocycles. The number of hydrogen-bond acceptors (Lipinski definition) is 5. The number of aromatic nitrogens is 1. The zero-order valence-electron chi connectivity index (χ0n) is 13.2. The molecule has 1 heterocycles. The van der Waals surface area contributed by atoms with Gasteiger partial charge in [-0.15, -0.1) is 11.3 Å². The van der Waals surface area contributed by atoms with Crippen LogP contribution < -0.4 is 14.8 Å². The van der Waals surface area contributed by atoms with Gasteiger partial charge in [0.1, 0.15) is 0 Å². The molecule has 0 saturated heterocycles. The molecule has 6 heteroatoms. The molecule has 0 fully saturated rings. The Hall–Kier alpha value is -2.08. The van der Waals surface area contributed by atoms with Gasteiger partial charge in [0.25, 0.3) is 5.91 Å². The van der Waals surface area contributed by atoms with E-state index in [1.165, 1.54) is 11.3 Å². The second kappa shape index (κ2) is 7.26. The van der Waals surface area contributed by atoms with Gasteiger partial charge in [-0.2, -0.15) is 0 Å². The normalized spacial score (nSPS) is 10.4. The topological polar surface area (TPSA) is 60.5 Å². The van der Waals surface area contributed by atoms with E-state index < -0.39 is 0 Å². The Labute approximate surface area is 134 Å². The van der Waals surface area contributed by atoms with E-state index in [2.05, 4.69) is 10.3 Å². The quantitative estimate of drug-likeness (QED) is 0.889. The minimum atomic E-state index is -0.123. The molecule has 22 heavy (non-hydrogen) atoms. The highest BCUT2D eigenvalue weighted by atomic mass is 32.1. The average molecular weight is 320 g/mol. The molecule has 1 N–H and O–H groups in total. The fourth-order valence-electron chi connectivity index (χ4n) is 2.00. The number of benzene rings is 1. The summed E-state index contributed by atoms with van der Waals surface area (Å²) in [6.07, 6.45) is 0.718. The van der Waals surface area contributed by atoms with Crippen molar-refractivity contribution < 1.29 is 14.3 Å². The van der Waals surface area contributed by atoms with E-state index in [-0.39, 0.29) is 5.91 Å². The van der Waals surface area contributed by atoms with Crippen molar-refractivity contribution in [2.45, 2.75) is 20.3 Å². The van der Waals surface area contributed by atoms with Gasteiger partial charge in [0, 0.05) is 11.4 Å². The highest BCUT2D eigenvalue weighted by molar-refractivity contribution is 7.13. The smallest absolute Gasteiger partial charge is 0.280 e. The predicted octanol–water partition coefficient (Wildman–Crippen LogP) is 2.75. The molecular formula is C16H20N2O3S. The van der Waals surface area contributed by atoms with Crippen molar-refractivity contribution >= 4 is 17.2 Å². The van der Waals surface area contributed by atoms with Gasteiger partial charge in [-0.05, 0) is 38.0 Å². The van der Waals surface area contributed by atoms with Crippen LogP contribution in [0.1, 0.15) is 25.9 Å². The Kier molecular flexibility index (Phi) is 5.38. The van der Waals surface area contributed by atoms with Crippen molar-refractivity contribution in [1.82, 2.24) is 10.3 Å². The molecule has 1 aromatic heterocycles. The standard InChI is InChI=1S/C16H20N2O3S/c1-10-11(2)22-16(18-10)15(19)17-8-7-12-5-6-13(20-3)14(9-12)21-4/h5-6,9H,7-8H2,1-4H3,(H,17,19). The van der Waals surface area contributed by atoms with E-state index in [4.69, 9.17) is 9.47 Å². The Morgan fingerprint density at radius 3 is 2.55 bits per heavy atom. The predicted molar refractivity (Wildman–Crippen MR) is 87.2 cm³/mol. The van der Waals surface area contributed by atoms with Crippen LogP contribution in [0, 0.1) is 13.8 Å². The first kappa shape index (κ1) is 16.3. The van der Waals surface area contributed by atoms with E-state index in [0.717, 1.165) is 22.6 Å². The van der Waals surface area contributed by atoms with Crippen LogP contribution in [0.3, 0.4) is 0 Å². The molecule has 118 valence electrons. The number of thiazole rings is 1. The van der Waals surface area contributed by atoms with Crippen molar-refractivity contribution in [3.05, 3.63) is 39.3 Å². The Bertz CT molecular complexity index is 648. The monoisotopic (exact) mass is 320 g/mol. The molecule has 0 unspecified atom stereocenters. The number of methoxy groups -OCH3 is 2. The lowest BCUT2D eigenvalue weighted by atomic mass is 10.1. The van der Waals surface area contributed by atoms with Crippen molar-refractivity contribution in [2.75, 3.05) is 20.8 Å². The minimum absolute atomic E-state index is 0.123. The number of hydrogen-bond donors (Lipinski definition) is 1. The van der Waals surface area contributed by atoms with E-state index in [9.17, 15) is 4.79 Å². The SMILES string of the molecule is COc1ccc(CCNC(=O)c2nc(C)c(C)s2)cc1OC. The van der Waals surface area contributed by atoms with Crippen LogP contribution in [0.25, 0.3) is 0 Å². The Balaban J connectivity index is 1.92. The van der Waals surface area contributed by atoms with E-state index >= 15 is 0 Å². The van der Waals surface area contributed by atoms with Crippen molar-refractivity contribution in [1.29, 1.82) is 0 Å². The lowest BCUT2D eigenvalue weighted by molar-refractivity contribution is 0.0953. The summed E-state index contributed by atoms with van der Waals surface area (Å²) in [7, 11) is 3.21. The lowest BCUT2D eigenvalue weighted by Crippen LogP contribution is -2.25. The van der Waals surface area contributed by atoms with Crippen LogP contribution in [0.4, 0.5) is 0 Å². The first-order valence-corrected chi connectivity index (χ1v) is 7.80. The lowest BCUT2D eigenvalue weighted by Gasteiger charge is -2.09. The first-order valence-electron chi connectivity index (χ1n) is 6.98. The van der Waals surface area contributed by atoms with Gasteiger partial charge in [-0.3, -0.25) is 4.79 Å². The zero-order chi connectivity index (χ0) is 16.1. The van der Waals surface area contributed by atoms with Gasteiger partial charge in [-0.1, -0.05) is 6.07 Å². The Morgan fingerprint density at radius 1 is 1.23 bits per heavy atom. The third kappa shape index (κ3) is 3.76. The molecule has 0 spiro atoms. The van der Waals surface area contributed by atoms with Gasteiger partial charge in [0.05, 0.1) is 19.9 Å². The number of rotatable bonds is 6. The van der Waals surface area contributed by atoms with Crippen LogP contribution in [-0.2, 0) is 6.42 Å². The van der Waals surface area contributed by atoms with Gasteiger partial charge >= 0.3 is 0 Å². The van der Waals surface area contributed by atoms with Crippen LogP contribution in [0.5, 0.6) is 11.5 Å². The molecule has 0 atom stereocenters. The third-order valence-corrected chi connectivity index (χ3v) is 4.44. The Morgan fingerprint density at radius 2 is 1.95 bits per heavy atom. The number of nitrogens with zero attached hydrogens (tertiary/aromatic N) is 1. The number of aryl methyl sites for hydroxylation is 2. The maximum Gasteiger partial charge on any atom is 0.280 e. The van der Waals surface area contributed by atoms with Gasteiger partial charge in [-0.25, -0.2) is 4.98 Å². The van der Waals surface area contributed by atoms with Gasteiger partial charge in [0.15, 0.2) is 16.5 Å². The molecule has 2 aromatic rings. The number of carbonyl (C=O) groups is 1. The van der Waals surface area contributed by atoms with Crippen molar-refractivity contribution in [3.63, 3.8) is 0 Å². The van der Waals surface area contributed by atoms with Crippen molar-refractivity contribution in [3.8, 4) is 11.5 Å². The third-order valence-electron chi connectivity index (χ3n) is 3.37. The molecule has 0 radical (unpaired) electrons. The van der Waals surface area contributed by atoms with Gasteiger partial charge < -0.3 is 14.8 Å². The molecule has 0 aliphatic rings. The maximum absolute atomic E-state index is 12.0. The fourth-order valence-corrected chi connectivity index (χ4v) is 2.83. The van der Waals surface area contributed by atoms with Gasteiger partial charge in [0.2, 0.25) is 0 Å². The maximum atomic E-state index is 12.0. The number of ether oxygens (including phenoxy) is 2. The summed E-state index contributed by atoms with van der Waals surface area (Å²) in [5, 5.41) is 3.41. The molecule has 0 saturated carbocycles. The minimum Gasteiger partial charge on any atom is -0.493 e. The van der Waals surface area contributed by atoms with E-state index in [0.29, 0.717) is 23.1 Å². The second-order valence-electron chi connectivity index (χ2n) is 4.86. The average Bonchev–Trinajstić information content (AvgIpc) is 2.86. The highest BCUT2D eigenvalue weighted by Gasteiger charge is 2.12. The van der Waals surface area contributed by atoms with E-state index in [1.54, 1.807) is 14.2 Å². The summed E-state index contributed by atoms with van der Waals surface area (Å²) in [5.41, 5.74) is 1.99. The van der Waals surface area contributed by atoms with Crippen LogP contribution in [0.15, 0.2) is 18.2 Å². The van der Waals surface area contributed by atoms with Crippen LogP contribution in [-0.4, -0.2) is 31.7 Å². The summed E-state index contributed by atoms with van der Waals surface area (Å²) < 4.78 is 10.5. The van der Waals surface area contributed by atoms with Crippen molar-refractivity contribution in [2.24, 2.45) is 0 Å². The number of carbonyl (C=O) groups excluding carboxylic acids is 1. The number of nitrogens with one attached hydrogen (secondary N) is 1. The molecule has 0 bridgehead atoms. The summed E-state index contributed by atoms with van der Waals surface area (Å²) in [6.45, 7) is 4.42. The summed E-state index contributed by atoms with van der Waals surface area (Å²) in [4.78, 5) is 17.3. The fraction of sp³-hybridized carbons (Fsp3) is 0.375. The molecule has 2 rings (SSSR count). The zero-order valence-corrected chi connectivity index (χ0v) is 14.0. The molecule has 1 amide bonds. The van der Waals surface area contributed by atoms with Crippen LogP contribution in [0.2, 0.25) is 0 Å². The first-order chi connectivity index (χ1) is 10.5. The molecule has 5 nitrogen and oxygen atoms in total. The summed E-state index contributed by atoms with van der Waals surface area (Å²) in [5.74, 6) is 1.27.